The van der Waals surface area contributed by atoms with Crippen molar-refractivity contribution in [2.75, 3.05) is 18.9 Å². The highest BCUT2D eigenvalue weighted by molar-refractivity contribution is 6.81. The highest BCUT2D eigenvalue weighted by atomic mass is 28.3. The van der Waals surface area contributed by atoms with Crippen molar-refractivity contribution < 1.29 is 4.79 Å². The molecule has 4 heteroatoms. The first kappa shape index (κ1) is 14.0. The van der Waals surface area contributed by atoms with Crippen LogP contribution in [0.4, 0.5) is 5.69 Å². The van der Waals surface area contributed by atoms with Crippen molar-refractivity contribution in [1.29, 1.82) is 0 Å². The molecular formula is C15H22N2OSi. The van der Waals surface area contributed by atoms with E-state index in [9.17, 15) is 4.79 Å². The zero-order valence-electron chi connectivity index (χ0n) is 12.2. The molecule has 0 fully saturated rings. The Kier molecular flexibility index (Phi) is 3.92. The van der Waals surface area contributed by atoms with E-state index >= 15 is 0 Å². The molecule has 1 heterocycles. The van der Waals surface area contributed by atoms with Crippen LogP contribution in [0, 0.1) is 0 Å². The number of carbonyl (C=O) groups excluding carboxylic acids is 1. The maximum Gasteiger partial charge on any atom is 0.238 e. The summed E-state index contributed by atoms with van der Waals surface area (Å²) in [5, 5.41) is 2.99. The average Bonchev–Trinajstić information content (AvgIpc) is 2.41. The highest BCUT2D eigenvalue weighted by Crippen LogP contribution is 2.22. The first-order valence-electron chi connectivity index (χ1n) is 6.64. The summed E-state index contributed by atoms with van der Waals surface area (Å²) in [6.07, 6.45) is 2.17. The van der Waals surface area contributed by atoms with E-state index in [1.54, 1.807) is 0 Å². The Balaban J connectivity index is 2.28. The summed E-state index contributed by atoms with van der Waals surface area (Å²) in [7, 11) is 0.780. The molecule has 19 heavy (non-hydrogen) atoms. The second-order valence-corrected chi connectivity index (χ2v) is 11.4. The van der Waals surface area contributed by atoms with Crippen LogP contribution in [0.25, 0.3) is 6.08 Å². The van der Waals surface area contributed by atoms with Gasteiger partial charge in [0.25, 0.3) is 0 Å². The van der Waals surface area contributed by atoms with Crippen molar-refractivity contribution in [2.24, 2.45) is 0 Å². The number of hydrogen-bond donors (Lipinski definition) is 1. The normalized spacial score (nSPS) is 17.2. The minimum atomic E-state index is -1.19. The van der Waals surface area contributed by atoms with Gasteiger partial charge in [0.2, 0.25) is 5.91 Å². The SMILES string of the molecule is CN1CC(=O)Nc2cc(C=C[Si](C)(C)C)ccc2C1. The Labute approximate surface area is 116 Å². The van der Waals surface area contributed by atoms with Crippen LogP contribution in [0.15, 0.2) is 23.9 Å². The van der Waals surface area contributed by atoms with Crippen molar-refractivity contribution >= 4 is 25.7 Å². The fourth-order valence-electron chi connectivity index (χ4n) is 2.08. The van der Waals surface area contributed by atoms with Crippen LogP contribution < -0.4 is 5.32 Å². The molecule has 0 radical (unpaired) electrons. The highest BCUT2D eigenvalue weighted by Gasteiger charge is 2.16. The van der Waals surface area contributed by atoms with Crippen LogP contribution in [-0.4, -0.2) is 32.5 Å². The smallest absolute Gasteiger partial charge is 0.238 e. The van der Waals surface area contributed by atoms with E-state index in [1.165, 1.54) is 5.56 Å². The van der Waals surface area contributed by atoms with Crippen molar-refractivity contribution in [3.63, 3.8) is 0 Å². The van der Waals surface area contributed by atoms with Gasteiger partial charge in [-0.15, -0.1) is 0 Å². The van der Waals surface area contributed by atoms with Gasteiger partial charge < -0.3 is 5.32 Å². The molecule has 3 nitrogen and oxygen atoms in total. The van der Waals surface area contributed by atoms with E-state index in [0.717, 1.165) is 17.8 Å². The number of likely N-dealkylation sites (N-methyl/N-ethyl adjacent to an activating group) is 1. The van der Waals surface area contributed by atoms with Crippen LogP contribution >= 0.6 is 0 Å². The lowest BCUT2D eigenvalue weighted by atomic mass is 10.1. The molecule has 1 N–H and O–H groups in total. The van der Waals surface area contributed by atoms with Crippen molar-refractivity contribution in [1.82, 2.24) is 4.90 Å². The average molecular weight is 274 g/mol. The number of hydrogen-bond acceptors (Lipinski definition) is 2. The van der Waals surface area contributed by atoms with Gasteiger partial charge in [0, 0.05) is 12.2 Å². The summed E-state index contributed by atoms with van der Waals surface area (Å²) < 4.78 is 0. The van der Waals surface area contributed by atoms with E-state index in [-0.39, 0.29) is 5.91 Å². The van der Waals surface area contributed by atoms with E-state index in [0.29, 0.717) is 6.54 Å². The fourth-order valence-corrected chi connectivity index (χ4v) is 2.77. The number of fused-ring (bicyclic) bond motifs is 1. The Morgan fingerprint density at radius 2 is 2.00 bits per heavy atom. The standard InChI is InChI=1S/C15H22N2OSi/c1-17-10-13-6-5-12(7-8-19(2,3)4)9-14(13)16-15(18)11-17/h5-9H,10-11H2,1-4H3,(H,16,18). The van der Waals surface area contributed by atoms with Gasteiger partial charge in [-0.05, 0) is 24.2 Å². The number of nitrogens with one attached hydrogen (secondary N) is 1. The zero-order valence-corrected chi connectivity index (χ0v) is 13.2. The molecule has 0 aromatic heterocycles. The van der Waals surface area contributed by atoms with Gasteiger partial charge in [-0.2, -0.15) is 0 Å². The molecule has 1 aliphatic heterocycles. The van der Waals surface area contributed by atoms with Gasteiger partial charge in [0.05, 0.1) is 14.6 Å². The van der Waals surface area contributed by atoms with Gasteiger partial charge in [0.15, 0.2) is 0 Å². The zero-order chi connectivity index (χ0) is 14.0. The number of rotatable bonds is 2. The fraction of sp³-hybridized carbons (Fsp3) is 0.400. The summed E-state index contributed by atoms with van der Waals surface area (Å²) in [4.78, 5) is 13.7. The number of carbonyl (C=O) groups is 1. The molecule has 0 spiro atoms. The van der Waals surface area contributed by atoms with Crippen LogP contribution in [0.1, 0.15) is 11.1 Å². The van der Waals surface area contributed by atoms with Crippen LogP contribution in [0.5, 0.6) is 0 Å². The largest absolute Gasteiger partial charge is 0.325 e. The second kappa shape index (κ2) is 5.31. The summed E-state index contributed by atoms with van der Waals surface area (Å²) in [6.45, 7) is 8.19. The molecule has 102 valence electrons. The first-order valence-corrected chi connectivity index (χ1v) is 10.2. The molecule has 1 aromatic carbocycles. The molecule has 2 rings (SSSR count). The Morgan fingerprint density at radius 3 is 2.68 bits per heavy atom. The summed E-state index contributed by atoms with van der Waals surface area (Å²) in [5.74, 6) is 0.0626. The molecule has 0 unspecified atom stereocenters. The summed E-state index contributed by atoms with van der Waals surface area (Å²) in [6, 6.07) is 6.31. The van der Waals surface area contributed by atoms with Crippen molar-refractivity contribution in [2.45, 2.75) is 26.2 Å². The Hall–Kier alpha value is -1.39. The van der Waals surface area contributed by atoms with E-state index in [4.69, 9.17) is 0 Å². The number of amides is 1. The lowest BCUT2D eigenvalue weighted by Crippen LogP contribution is -2.26. The molecule has 0 bridgehead atoms. The molecule has 1 amide bonds. The van der Waals surface area contributed by atoms with Crippen molar-refractivity contribution in [3.05, 3.63) is 35.0 Å². The van der Waals surface area contributed by atoms with Crippen LogP contribution in [-0.2, 0) is 11.3 Å². The molecule has 1 aromatic rings. The first-order chi connectivity index (χ1) is 8.83. The number of benzene rings is 1. The van der Waals surface area contributed by atoms with Crippen LogP contribution in [0.3, 0.4) is 0 Å². The third-order valence-corrected chi connectivity index (χ3v) is 4.20. The third kappa shape index (κ3) is 4.04. The monoisotopic (exact) mass is 274 g/mol. The predicted molar refractivity (Wildman–Crippen MR) is 83.8 cm³/mol. The van der Waals surface area contributed by atoms with Crippen LogP contribution in [0.2, 0.25) is 19.6 Å². The predicted octanol–water partition coefficient (Wildman–Crippen LogP) is 2.96. The third-order valence-electron chi connectivity index (χ3n) is 3.04. The van der Waals surface area contributed by atoms with Gasteiger partial charge in [-0.25, -0.2) is 0 Å². The molecule has 0 atom stereocenters. The second-order valence-electron chi connectivity index (χ2n) is 6.34. The summed E-state index contributed by atoms with van der Waals surface area (Å²) in [5.41, 5.74) is 5.61. The molecule has 0 aliphatic carbocycles. The lowest BCUT2D eigenvalue weighted by molar-refractivity contribution is -0.116. The molecule has 0 saturated carbocycles. The lowest BCUT2D eigenvalue weighted by Gasteiger charge is -2.12. The Morgan fingerprint density at radius 1 is 1.26 bits per heavy atom. The maximum atomic E-state index is 11.7. The molecule has 0 saturated heterocycles. The van der Waals surface area contributed by atoms with Gasteiger partial charge in [-0.1, -0.05) is 43.5 Å². The number of nitrogens with zero attached hydrogens (tertiary/aromatic N) is 1. The van der Waals surface area contributed by atoms with Gasteiger partial charge in [0.1, 0.15) is 0 Å². The summed E-state index contributed by atoms with van der Waals surface area (Å²) >= 11 is 0. The minimum Gasteiger partial charge on any atom is -0.325 e. The minimum absolute atomic E-state index is 0.0626. The van der Waals surface area contributed by atoms with E-state index < -0.39 is 8.07 Å². The van der Waals surface area contributed by atoms with Gasteiger partial charge in [-0.3, -0.25) is 9.69 Å². The quantitative estimate of drug-likeness (QED) is 0.841. The topological polar surface area (TPSA) is 32.3 Å². The molecular weight excluding hydrogens is 252 g/mol. The van der Waals surface area contributed by atoms with E-state index in [2.05, 4.69) is 54.9 Å². The van der Waals surface area contributed by atoms with Crippen molar-refractivity contribution in [3.8, 4) is 0 Å². The number of anilines is 1. The Bertz CT molecular complexity index is 517. The maximum absolute atomic E-state index is 11.7. The van der Waals surface area contributed by atoms with E-state index in [1.807, 2.05) is 11.9 Å². The molecule has 1 aliphatic rings. The van der Waals surface area contributed by atoms with Gasteiger partial charge >= 0.3 is 0 Å².